The smallest absolute Gasteiger partial charge is 0.270 e. The van der Waals surface area contributed by atoms with Gasteiger partial charge in [-0.3, -0.25) is 14.6 Å². The van der Waals surface area contributed by atoms with Crippen molar-refractivity contribution in [1.29, 1.82) is 0 Å². The Morgan fingerprint density at radius 2 is 1.77 bits per heavy atom. The summed E-state index contributed by atoms with van der Waals surface area (Å²) < 4.78 is 0. The quantitative estimate of drug-likeness (QED) is 0.678. The van der Waals surface area contributed by atoms with E-state index in [1.807, 2.05) is 18.2 Å². The van der Waals surface area contributed by atoms with Gasteiger partial charge in [-0.2, -0.15) is 0 Å². The zero-order valence-corrected chi connectivity index (χ0v) is 19.9. The summed E-state index contributed by atoms with van der Waals surface area (Å²) in [6.07, 6.45) is 7.74. The lowest BCUT2D eigenvalue weighted by Gasteiger charge is -2.47. The Morgan fingerprint density at radius 1 is 1.06 bits per heavy atom. The summed E-state index contributed by atoms with van der Waals surface area (Å²) in [6.45, 7) is 8.85. The van der Waals surface area contributed by atoms with Crippen LogP contribution in [0.15, 0.2) is 53.9 Å². The molecule has 0 bridgehead atoms. The zero-order valence-electron chi connectivity index (χ0n) is 18.9. The Kier molecular flexibility index (Phi) is 5.73. The second-order valence-corrected chi connectivity index (χ2v) is 15.2. The van der Waals surface area contributed by atoms with Crippen LogP contribution in [0.3, 0.4) is 0 Å². The summed E-state index contributed by atoms with van der Waals surface area (Å²) >= 11 is 0. The molecule has 3 atom stereocenters. The summed E-state index contributed by atoms with van der Waals surface area (Å²) in [4.78, 5) is 31.2. The highest BCUT2D eigenvalue weighted by Crippen LogP contribution is 2.48. The SMILES string of the molecule is C[C@]1([C@H]2CCCC[C@H]2NC(=O)c2ccccn2)C(=O)C([Si](C)(C)C)=Cc2ccccc21. The molecule has 1 N–H and O–H groups in total. The van der Waals surface area contributed by atoms with Gasteiger partial charge in [0.1, 0.15) is 5.69 Å². The van der Waals surface area contributed by atoms with Crippen LogP contribution in [0.5, 0.6) is 0 Å². The van der Waals surface area contributed by atoms with Crippen LogP contribution in [0.2, 0.25) is 19.6 Å². The monoisotopic (exact) mass is 432 g/mol. The van der Waals surface area contributed by atoms with Crippen LogP contribution in [0.1, 0.15) is 54.2 Å². The summed E-state index contributed by atoms with van der Waals surface area (Å²) in [5.74, 6) is 0.163. The second kappa shape index (κ2) is 8.19. The molecule has 0 radical (unpaired) electrons. The van der Waals surface area contributed by atoms with Crippen molar-refractivity contribution in [1.82, 2.24) is 10.3 Å². The molecule has 1 amide bonds. The average Bonchev–Trinajstić information content (AvgIpc) is 2.76. The molecule has 0 spiro atoms. The van der Waals surface area contributed by atoms with E-state index >= 15 is 0 Å². The molecule has 31 heavy (non-hydrogen) atoms. The molecule has 0 unspecified atom stereocenters. The van der Waals surface area contributed by atoms with Crippen molar-refractivity contribution in [3.8, 4) is 0 Å². The third-order valence-electron chi connectivity index (χ3n) is 7.07. The molecule has 4 nitrogen and oxygen atoms in total. The number of benzene rings is 1. The number of hydrogen-bond donors (Lipinski definition) is 1. The largest absolute Gasteiger partial charge is 0.348 e. The fraction of sp³-hybridized carbons (Fsp3) is 0.423. The van der Waals surface area contributed by atoms with Gasteiger partial charge in [-0.1, -0.05) is 68.9 Å². The molecule has 0 aliphatic heterocycles. The van der Waals surface area contributed by atoms with Crippen molar-refractivity contribution in [3.63, 3.8) is 0 Å². The number of rotatable bonds is 4. The first kappa shape index (κ1) is 21.7. The minimum atomic E-state index is -1.83. The Balaban J connectivity index is 1.75. The number of aromatic nitrogens is 1. The van der Waals surface area contributed by atoms with Crippen molar-refractivity contribution in [2.75, 3.05) is 0 Å². The van der Waals surface area contributed by atoms with Gasteiger partial charge in [0.2, 0.25) is 0 Å². The second-order valence-electron chi connectivity index (χ2n) is 10.1. The lowest BCUT2D eigenvalue weighted by atomic mass is 9.59. The summed E-state index contributed by atoms with van der Waals surface area (Å²) in [5.41, 5.74) is 2.05. The molecule has 2 aliphatic carbocycles. The van der Waals surface area contributed by atoms with Crippen LogP contribution in [0.4, 0.5) is 0 Å². The van der Waals surface area contributed by atoms with E-state index in [1.54, 1.807) is 12.3 Å². The summed E-state index contributed by atoms with van der Waals surface area (Å²) in [7, 11) is -1.83. The highest BCUT2D eigenvalue weighted by molar-refractivity contribution is 6.88. The van der Waals surface area contributed by atoms with Gasteiger partial charge in [0.15, 0.2) is 5.78 Å². The van der Waals surface area contributed by atoms with Crippen LogP contribution in [0, 0.1) is 5.92 Å². The number of nitrogens with zero attached hydrogens (tertiary/aromatic N) is 1. The number of carbonyl (C=O) groups is 2. The van der Waals surface area contributed by atoms with Crippen LogP contribution < -0.4 is 5.32 Å². The number of amides is 1. The third-order valence-corrected chi connectivity index (χ3v) is 9.05. The highest BCUT2D eigenvalue weighted by Gasteiger charge is 2.51. The predicted octanol–water partition coefficient (Wildman–Crippen LogP) is 5.17. The van der Waals surface area contributed by atoms with Crippen molar-refractivity contribution in [2.45, 2.75) is 63.7 Å². The maximum Gasteiger partial charge on any atom is 0.270 e. The molecular weight excluding hydrogens is 400 g/mol. The summed E-state index contributed by atoms with van der Waals surface area (Å²) in [5, 5.41) is 4.26. The van der Waals surface area contributed by atoms with Crippen molar-refractivity contribution in [3.05, 3.63) is 70.7 Å². The fourth-order valence-corrected chi connectivity index (χ4v) is 6.91. The number of nitrogens with one attached hydrogen (secondary N) is 1. The van der Waals surface area contributed by atoms with Crippen molar-refractivity contribution in [2.24, 2.45) is 5.92 Å². The first-order valence-electron chi connectivity index (χ1n) is 11.3. The zero-order chi connectivity index (χ0) is 22.2. The number of ketones is 1. The van der Waals surface area contributed by atoms with Crippen LogP contribution in [0.25, 0.3) is 6.08 Å². The summed E-state index contributed by atoms with van der Waals surface area (Å²) in [6, 6.07) is 13.6. The van der Waals surface area contributed by atoms with Crippen LogP contribution in [-0.2, 0) is 10.2 Å². The molecule has 4 rings (SSSR count). The van der Waals surface area contributed by atoms with E-state index in [-0.39, 0.29) is 23.7 Å². The van der Waals surface area contributed by atoms with E-state index in [4.69, 9.17) is 0 Å². The van der Waals surface area contributed by atoms with Gasteiger partial charge in [0.25, 0.3) is 5.91 Å². The van der Waals surface area contributed by atoms with Gasteiger partial charge in [-0.05, 0) is 54.1 Å². The lowest BCUT2D eigenvalue weighted by molar-refractivity contribution is -0.122. The van der Waals surface area contributed by atoms with Gasteiger partial charge in [0, 0.05) is 12.2 Å². The maximum absolute atomic E-state index is 14.1. The van der Waals surface area contributed by atoms with Gasteiger partial charge < -0.3 is 5.32 Å². The molecule has 162 valence electrons. The minimum Gasteiger partial charge on any atom is -0.348 e. The average molecular weight is 433 g/mol. The third kappa shape index (κ3) is 3.91. The molecule has 0 saturated heterocycles. The van der Waals surface area contributed by atoms with Gasteiger partial charge >= 0.3 is 0 Å². The highest BCUT2D eigenvalue weighted by atomic mass is 28.3. The van der Waals surface area contributed by atoms with E-state index in [9.17, 15) is 9.59 Å². The molecule has 1 heterocycles. The number of fused-ring (bicyclic) bond motifs is 1. The number of pyridine rings is 1. The number of carbonyl (C=O) groups excluding carboxylic acids is 2. The van der Waals surface area contributed by atoms with Gasteiger partial charge in [-0.15, -0.1) is 0 Å². The van der Waals surface area contributed by atoms with Crippen LogP contribution >= 0.6 is 0 Å². The van der Waals surface area contributed by atoms with Gasteiger partial charge in [0.05, 0.1) is 13.5 Å². The lowest BCUT2D eigenvalue weighted by Crippen LogP contribution is -2.56. The predicted molar refractivity (Wildman–Crippen MR) is 128 cm³/mol. The number of allylic oxidation sites excluding steroid dienone is 1. The normalized spacial score (nSPS) is 26.1. The number of Topliss-reactive ketones (excluding diaryl/α,β-unsaturated/α-hetero) is 1. The standard InChI is InChI=1S/C26H32N2O2Si/c1-26(19-12-6-5-11-18(19)17-23(24(26)29)31(2,3)4)20-13-7-8-14-21(20)28-25(30)22-15-9-10-16-27-22/h5-6,9-12,15-17,20-21H,7-8,13-14H2,1-4H3,(H,28,30)/t20-,21+,26-/m0/s1. The van der Waals surface area contributed by atoms with Gasteiger partial charge in [-0.25, -0.2) is 0 Å². The molecule has 1 fully saturated rings. The van der Waals surface area contributed by atoms with E-state index in [1.165, 1.54) is 0 Å². The molecule has 1 aromatic carbocycles. The van der Waals surface area contributed by atoms with E-state index in [0.29, 0.717) is 5.69 Å². The molecule has 1 saturated carbocycles. The fourth-order valence-electron chi connectivity index (χ4n) is 5.38. The van der Waals surface area contributed by atoms with Crippen molar-refractivity contribution < 1.29 is 9.59 Å². The van der Waals surface area contributed by atoms with E-state index < -0.39 is 13.5 Å². The first-order valence-corrected chi connectivity index (χ1v) is 14.8. The Hall–Kier alpha value is -2.53. The molecular formula is C26H32N2O2Si. The maximum atomic E-state index is 14.1. The molecule has 2 aliphatic rings. The minimum absolute atomic E-state index is 0.0498. The van der Waals surface area contributed by atoms with Crippen LogP contribution in [-0.4, -0.2) is 30.8 Å². The van der Waals surface area contributed by atoms with E-state index in [0.717, 1.165) is 42.0 Å². The van der Waals surface area contributed by atoms with Crippen molar-refractivity contribution >= 4 is 25.8 Å². The Bertz CT molecular complexity index is 1030. The first-order chi connectivity index (χ1) is 14.7. The number of hydrogen-bond acceptors (Lipinski definition) is 3. The Labute approximate surface area is 186 Å². The molecule has 5 heteroatoms. The Morgan fingerprint density at radius 3 is 2.48 bits per heavy atom. The molecule has 2 aromatic rings. The van der Waals surface area contributed by atoms with E-state index in [2.05, 4.69) is 61.1 Å². The topological polar surface area (TPSA) is 59.1 Å². The molecule has 1 aromatic heterocycles.